The second-order valence-corrected chi connectivity index (χ2v) is 5.79. The van der Waals surface area contributed by atoms with E-state index in [9.17, 15) is 0 Å². The lowest BCUT2D eigenvalue weighted by atomic mass is 9.73. The lowest BCUT2D eigenvalue weighted by Crippen LogP contribution is -2.54. The van der Waals surface area contributed by atoms with E-state index in [0.29, 0.717) is 12.0 Å². The highest BCUT2D eigenvalue weighted by molar-refractivity contribution is 5.28. The van der Waals surface area contributed by atoms with Crippen LogP contribution in [0.5, 0.6) is 0 Å². The van der Waals surface area contributed by atoms with E-state index in [-0.39, 0.29) is 5.60 Å². The Labute approximate surface area is 123 Å². The molecule has 0 bridgehead atoms. The number of nitrogens with one attached hydrogen (secondary N) is 1. The Hall–Kier alpha value is -0.930. The third-order valence-electron chi connectivity index (χ3n) is 5.12. The van der Waals surface area contributed by atoms with Gasteiger partial charge in [-0.3, -0.25) is 4.98 Å². The molecular weight excluding hydrogens is 248 g/mol. The Kier molecular flexibility index (Phi) is 5.17. The van der Waals surface area contributed by atoms with Crippen LogP contribution in [0.2, 0.25) is 0 Å². The SMILES string of the molecule is CCC(CC)(OC)C(NC)C1CCCc2cccnc21. The molecule has 1 aromatic rings. The largest absolute Gasteiger partial charge is 0.377 e. The van der Waals surface area contributed by atoms with Crippen molar-refractivity contribution in [1.29, 1.82) is 0 Å². The maximum atomic E-state index is 5.97. The number of rotatable bonds is 6. The molecule has 0 fully saturated rings. The van der Waals surface area contributed by atoms with E-state index in [1.165, 1.54) is 24.1 Å². The standard InChI is InChI=1S/C17H28N2O/c1-5-17(6-2,20-4)16(18-3)14-11-7-9-13-10-8-12-19-15(13)14/h8,10,12,14,16,18H,5-7,9,11H2,1-4H3. The van der Waals surface area contributed by atoms with Gasteiger partial charge in [0, 0.05) is 31.0 Å². The molecule has 1 aliphatic rings. The summed E-state index contributed by atoms with van der Waals surface area (Å²) < 4.78 is 5.97. The van der Waals surface area contributed by atoms with Crippen LogP contribution in [0, 0.1) is 0 Å². The van der Waals surface area contributed by atoms with Crippen LogP contribution < -0.4 is 5.32 Å². The summed E-state index contributed by atoms with van der Waals surface area (Å²) in [5, 5.41) is 3.54. The fourth-order valence-electron chi connectivity index (χ4n) is 3.91. The van der Waals surface area contributed by atoms with Crippen molar-refractivity contribution in [3.63, 3.8) is 0 Å². The maximum absolute atomic E-state index is 5.97. The van der Waals surface area contributed by atoms with E-state index in [1.807, 2.05) is 13.3 Å². The van der Waals surface area contributed by atoms with Gasteiger partial charge in [0.1, 0.15) is 0 Å². The monoisotopic (exact) mass is 276 g/mol. The lowest BCUT2D eigenvalue weighted by molar-refractivity contribution is -0.0542. The van der Waals surface area contributed by atoms with Crippen molar-refractivity contribution in [2.24, 2.45) is 0 Å². The second kappa shape index (κ2) is 6.68. The van der Waals surface area contributed by atoms with Crippen molar-refractivity contribution in [3.8, 4) is 0 Å². The number of methoxy groups -OCH3 is 1. The molecule has 3 nitrogen and oxygen atoms in total. The highest BCUT2D eigenvalue weighted by atomic mass is 16.5. The molecule has 0 saturated heterocycles. The number of ether oxygens (including phenoxy) is 1. The maximum Gasteiger partial charge on any atom is 0.0832 e. The predicted molar refractivity (Wildman–Crippen MR) is 83.1 cm³/mol. The quantitative estimate of drug-likeness (QED) is 0.865. The molecule has 20 heavy (non-hydrogen) atoms. The first kappa shape index (κ1) is 15.5. The summed E-state index contributed by atoms with van der Waals surface area (Å²) in [7, 11) is 3.90. The van der Waals surface area contributed by atoms with Gasteiger partial charge in [-0.25, -0.2) is 0 Å². The highest BCUT2D eigenvalue weighted by Gasteiger charge is 2.42. The Morgan fingerprint density at radius 2 is 2.20 bits per heavy atom. The van der Waals surface area contributed by atoms with Crippen molar-refractivity contribution in [1.82, 2.24) is 10.3 Å². The van der Waals surface area contributed by atoms with Gasteiger partial charge in [-0.2, -0.15) is 0 Å². The summed E-state index contributed by atoms with van der Waals surface area (Å²) in [6.45, 7) is 4.44. The van der Waals surface area contributed by atoms with Crippen LogP contribution in [0.15, 0.2) is 18.3 Å². The molecule has 1 N–H and O–H groups in total. The van der Waals surface area contributed by atoms with Gasteiger partial charge in [0.25, 0.3) is 0 Å². The lowest BCUT2D eigenvalue weighted by Gasteiger charge is -2.44. The van der Waals surface area contributed by atoms with Crippen molar-refractivity contribution in [3.05, 3.63) is 29.6 Å². The molecule has 0 aromatic carbocycles. The van der Waals surface area contributed by atoms with E-state index in [2.05, 4.69) is 38.3 Å². The van der Waals surface area contributed by atoms with Gasteiger partial charge in [-0.1, -0.05) is 19.9 Å². The van der Waals surface area contributed by atoms with E-state index < -0.39 is 0 Å². The third kappa shape index (κ3) is 2.61. The molecule has 0 radical (unpaired) electrons. The molecule has 1 heterocycles. The van der Waals surface area contributed by atoms with Gasteiger partial charge < -0.3 is 10.1 Å². The number of hydrogen-bond acceptors (Lipinski definition) is 3. The summed E-state index contributed by atoms with van der Waals surface area (Å²) in [6.07, 6.45) is 7.56. The summed E-state index contributed by atoms with van der Waals surface area (Å²) in [4.78, 5) is 4.69. The Bertz CT molecular complexity index is 420. The molecule has 0 saturated carbocycles. The topological polar surface area (TPSA) is 34.1 Å². The summed E-state index contributed by atoms with van der Waals surface area (Å²) in [5.41, 5.74) is 2.59. The van der Waals surface area contributed by atoms with E-state index >= 15 is 0 Å². The zero-order valence-electron chi connectivity index (χ0n) is 13.3. The summed E-state index contributed by atoms with van der Waals surface area (Å²) >= 11 is 0. The highest BCUT2D eigenvalue weighted by Crippen LogP contribution is 2.39. The average Bonchev–Trinajstić information content (AvgIpc) is 2.52. The van der Waals surface area contributed by atoms with E-state index in [1.54, 1.807) is 0 Å². The first-order valence-corrected chi connectivity index (χ1v) is 7.88. The van der Waals surface area contributed by atoms with Crippen LogP contribution in [0.1, 0.15) is 56.7 Å². The van der Waals surface area contributed by atoms with Crippen LogP contribution in [0.4, 0.5) is 0 Å². The smallest absolute Gasteiger partial charge is 0.0832 e. The molecule has 2 unspecified atom stereocenters. The average molecular weight is 276 g/mol. The molecular formula is C17H28N2O. The Balaban J connectivity index is 2.38. The number of fused-ring (bicyclic) bond motifs is 1. The minimum Gasteiger partial charge on any atom is -0.377 e. The molecule has 0 amide bonds. The van der Waals surface area contributed by atoms with Crippen LogP contribution in [0.3, 0.4) is 0 Å². The van der Waals surface area contributed by atoms with Crippen molar-refractivity contribution in [2.75, 3.05) is 14.2 Å². The van der Waals surface area contributed by atoms with Crippen LogP contribution in [0.25, 0.3) is 0 Å². The molecule has 0 spiro atoms. The number of pyridine rings is 1. The number of aryl methyl sites for hydroxylation is 1. The molecule has 3 heteroatoms. The van der Waals surface area contributed by atoms with Gasteiger partial charge in [0.2, 0.25) is 0 Å². The molecule has 1 aromatic heterocycles. The fourth-order valence-corrected chi connectivity index (χ4v) is 3.91. The third-order valence-corrected chi connectivity index (χ3v) is 5.12. The molecule has 1 aliphatic carbocycles. The van der Waals surface area contributed by atoms with Crippen molar-refractivity contribution < 1.29 is 4.74 Å². The van der Waals surface area contributed by atoms with E-state index in [4.69, 9.17) is 9.72 Å². The van der Waals surface area contributed by atoms with Gasteiger partial charge in [-0.05, 0) is 50.8 Å². The molecule has 2 rings (SSSR count). The van der Waals surface area contributed by atoms with Crippen molar-refractivity contribution >= 4 is 0 Å². The first-order valence-electron chi connectivity index (χ1n) is 7.88. The van der Waals surface area contributed by atoms with Gasteiger partial charge in [0.05, 0.1) is 5.60 Å². The molecule has 112 valence electrons. The zero-order chi connectivity index (χ0) is 14.6. The van der Waals surface area contributed by atoms with Gasteiger partial charge in [-0.15, -0.1) is 0 Å². The number of hydrogen-bond donors (Lipinski definition) is 1. The second-order valence-electron chi connectivity index (χ2n) is 5.79. The Morgan fingerprint density at radius 3 is 2.80 bits per heavy atom. The van der Waals surface area contributed by atoms with Gasteiger partial charge in [0.15, 0.2) is 0 Å². The van der Waals surface area contributed by atoms with Crippen LogP contribution >= 0.6 is 0 Å². The van der Waals surface area contributed by atoms with Crippen LogP contribution in [-0.4, -0.2) is 30.8 Å². The molecule has 0 aliphatic heterocycles. The zero-order valence-corrected chi connectivity index (χ0v) is 13.3. The summed E-state index contributed by atoms with van der Waals surface area (Å²) in [6, 6.07) is 4.60. The number of nitrogens with zero attached hydrogens (tertiary/aromatic N) is 1. The normalized spacial score (nSPS) is 20.5. The number of aromatic nitrogens is 1. The molecule has 2 atom stereocenters. The predicted octanol–water partition coefficient (Wildman–Crippen LogP) is 3.29. The number of likely N-dealkylation sites (N-methyl/N-ethyl adjacent to an activating group) is 1. The minimum absolute atomic E-state index is 0.106. The fraction of sp³-hybridized carbons (Fsp3) is 0.706. The van der Waals surface area contributed by atoms with Crippen molar-refractivity contribution in [2.45, 2.75) is 63.5 Å². The summed E-state index contributed by atoms with van der Waals surface area (Å²) in [5.74, 6) is 0.449. The van der Waals surface area contributed by atoms with Crippen LogP contribution in [-0.2, 0) is 11.2 Å². The van der Waals surface area contributed by atoms with Gasteiger partial charge >= 0.3 is 0 Å². The Morgan fingerprint density at radius 1 is 1.45 bits per heavy atom. The first-order chi connectivity index (χ1) is 9.72. The minimum atomic E-state index is -0.106. The van der Waals surface area contributed by atoms with E-state index in [0.717, 1.165) is 19.3 Å².